The lowest BCUT2D eigenvalue weighted by Crippen LogP contribution is -2.28. The SMILES string of the molecule is COc1ccc(CC(=N)N2CCCC2)cn1. The van der Waals surface area contributed by atoms with Crippen LogP contribution in [0.15, 0.2) is 18.3 Å². The molecule has 1 aliphatic rings. The second kappa shape index (κ2) is 4.96. The van der Waals surface area contributed by atoms with Gasteiger partial charge in [0.25, 0.3) is 0 Å². The van der Waals surface area contributed by atoms with E-state index in [-0.39, 0.29) is 0 Å². The molecule has 0 unspecified atom stereocenters. The van der Waals surface area contributed by atoms with Crippen LogP contribution in [0.25, 0.3) is 0 Å². The molecule has 0 bridgehead atoms. The molecule has 0 radical (unpaired) electrons. The van der Waals surface area contributed by atoms with Crippen molar-refractivity contribution in [1.82, 2.24) is 9.88 Å². The normalized spacial score (nSPS) is 15.2. The highest BCUT2D eigenvalue weighted by Crippen LogP contribution is 2.12. The summed E-state index contributed by atoms with van der Waals surface area (Å²) in [4.78, 5) is 6.28. The van der Waals surface area contributed by atoms with Crippen molar-refractivity contribution < 1.29 is 4.74 Å². The molecule has 0 aromatic carbocycles. The van der Waals surface area contributed by atoms with Crippen LogP contribution in [0.1, 0.15) is 18.4 Å². The van der Waals surface area contributed by atoms with Gasteiger partial charge in [0.2, 0.25) is 5.88 Å². The molecule has 1 saturated heterocycles. The third kappa shape index (κ3) is 2.51. The minimum atomic E-state index is 0.622. The van der Waals surface area contributed by atoms with Crippen LogP contribution in [0.3, 0.4) is 0 Å². The molecule has 0 aliphatic carbocycles. The molecule has 86 valence electrons. The smallest absolute Gasteiger partial charge is 0.212 e. The van der Waals surface area contributed by atoms with E-state index in [0.29, 0.717) is 18.1 Å². The molecule has 1 aliphatic heterocycles. The number of hydrogen-bond donors (Lipinski definition) is 1. The van der Waals surface area contributed by atoms with Gasteiger partial charge in [-0.3, -0.25) is 5.41 Å². The lowest BCUT2D eigenvalue weighted by atomic mass is 10.2. The van der Waals surface area contributed by atoms with Gasteiger partial charge in [0, 0.05) is 31.8 Å². The van der Waals surface area contributed by atoms with E-state index in [1.807, 2.05) is 12.1 Å². The standard InChI is InChI=1S/C12H17N3O/c1-16-12-5-4-10(9-14-12)8-11(13)15-6-2-3-7-15/h4-5,9,13H,2-3,6-8H2,1H3. The molecular weight excluding hydrogens is 202 g/mol. The number of methoxy groups -OCH3 is 1. The van der Waals surface area contributed by atoms with Gasteiger partial charge in [0.15, 0.2) is 0 Å². The Bertz CT molecular complexity index is 355. The average molecular weight is 219 g/mol. The molecule has 0 spiro atoms. The van der Waals surface area contributed by atoms with Gasteiger partial charge >= 0.3 is 0 Å². The fraction of sp³-hybridized carbons (Fsp3) is 0.500. The summed E-state index contributed by atoms with van der Waals surface area (Å²) < 4.78 is 5.00. The second-order valence-electron chi connectivity index (χ2n) is 4.03. The zero-order valence-corrected chi connectivity index (χ0v) is 9.57. The molecular formula is C12H17N3O. The molecule has 16 heavy (non-hydrogen) atoms. The van der Waals surface area contributed by atoms with Crippen LogP contribution in [0, 0.1) is 5.41 Å². The number of nitrogens with zero attached hydrogens (tertiary/aromatic N) is 2. The van der Waals surface area contributed by atoms with Crippen molar-refractivity contribution in [1.29, 1.82) is 5.41 Å². The van der Waals surface area contributed by atoms with E-state index in [2.05, 4.69) is 9.88 Å². The molecule has 1 aromatic heterocycles. The quantitative estimate of drug-likeness (QED) is 0.622. The van der Waals surface area contributed by atoms with Gasteiger partial charge in [-0.2, -0.15) is 0 Å². The topological polar surface area (TPSA) is 49.2 Å². The zero-order valence-electron chi connectivity index (χ0n) is 9.57. The molecule has 0 atom stereocenters. The van der Waals surface area contributed by atoms with Gasteiger partial charge in [-0.15, -0.1) is 0 Å². The predicted octanol–water partition coefficient (Wildman–Crippen LogP) is 1.71. The van der Waals surface area contributed by atoms with E-state index in [9.17, 15) is 0 Å². The number of hydrogen-bond acceptors (Lipinski definition) is 3. The number of pyridine rings is 1. The fourth-order valence-corrected chi connectivity index (χ4v) is 1.93. The number of ether oxygens (including phenoxy) is 1. The Labute approximate surface area is 95.8 Å². The van der Waals surface area contributed by atoms with Crippen LogP contribution in [-0.2, 0) is 6.42 Å². The fourth-order valence-electron chi connectivity index (χ4n) is 1.93. The summed E-state index contributed by atoms with van der Waals surface area (Å²) in [6, 6.07) is 3.81. The first-order chi connectivity index (χ1) is 7.79. The van der Waals surface area contributed by atoms with E-state index in [4.69, 9.17) is 10.1 Å². The van der Waals surface area contributed by atoms with Gasteiger partial charge in [0.1, 0.15) is 5.84 Å². The van der Waals surface area contributed by atoms with Crippen molar-refractivity contribution in [3.05, 3.63) is 23.9 Å². The largest absolute Gasteiger partial charge is 0.481 e. The van der Waals surface area contributed by atoms with E-state index >= 15 is 0 Å². The second-order valence-corrected chi connectivity index (χ2v) is 4.03. The minimum Gasteiger partial charge on any atom is -0.481 e. The third-order valence-electron chi connectivity index (χ3n) is 2.87. The van der Waals surface area contributed by atoms with Gasteiger partial charge < -0.3 is 9.64 Å². The summed E-state index contributed by atoms with van der Waals surface area (Å²) in [5.41, 5.74) is 1.07. The Kier molecular flexibility index (Phi) is 3.39. The molecule has 1 N–H and O–H groups in total. The lowest BCUT2D eigenvalue weighted by Gasteiger charge is -2.18. The summed E-state index contributed by atoms with van der Waals surface area (Å²) in [7, 11) is 1.61. The first kappa shape index (κ1) is 10.9. The maximum atomic E-state index is 7.99. The van der Waals surface area contributed by atoms with Crippen molar-refractivity contribution in [3.8, 4) is 5.88 Å². The number of likely N-dealkylation sites (tertiary alicyclic amines) is 1. The molecule has 4 heteroatoms. The molecule has 1 aromatic rings. The maximum Gasteiger partial charge on any atom is 0.212 e. The molecule has 2 heterocycles. The van der Waals surface area contributed by atoms with Crippen LogP contribution in [0.4, 0.5) is 0 Å². The maximum absolute atomic E-state index is 7.99. The summed E-state index contributed by atoms with van der Waals surface area (Å²) >= 11 is 0. The summed E-state index contributed by atoms with van der Waals surface area (Å²) in [5, 5.41) is 7.99. The van der Waals surface area contributed by atoms with Crippen molar-refractivity contribution in [2.45, 2.75) is 19.3 Å². The first-order valence-electron chi connectivity index (χ1n) is 5.61. The molecule has 0 amide bonds. The lowest BCUT2D eigenvalue weighted by molar-refractivity contribution is 0.397. The Balaban J connectivity index is 1.94. The van der Waals surface area contributed by atoms with E-state index < -0.39 is 0 Å². The summed E-state index contributed by atoms with van der Waals surface area (Å²) in [5.74, 6) is 1.32. The van der Waals surface area contributed by atoms with Crippen LogP contribution >= 0.6 is 0 Å². The summed E-state index contributed by atoms with van der Waals surface area (Å²) in [6.45, 7) is 2.06. The van der Waals surface area contributed by atoms with E-state index in [1.165, 1.54) is 12.8 Å². The van der Waals surface area contributed by atoms with Crippen molar-refractivity contribution >= 4 is 5.84 Å². The molecule has 2 rings (SSSR count). The monoisotopic (exact) mass is 219 g/mol. The number of rotatable bonds is 3. The highest BCUT2D eigenvalue weighted by atomic mass is 16.5. The van der Waals surface area contributed by atoms with Gasteiger partial charge in [0.05, 0.1) is 7.11 Å². The Hall–Kier alpha value is -1.58. The van der Waals surface area contributed by atoms with E-state index in [0.717, 1.165) is 18.7 Å². The minimum absolute atomic E-state index is 0.622. The number of nitrogens with one attached hydrogen (secondary N) is 1. The Morgan fingerprint density at radius 2 is 2.19 bits per heavy atom. The summed E-state index contributed by atoms with van der Waals surface area (Å²) in [6.07, 6.45) is 4.87. The molecule has 4 nitrogen and oxygen atoms in total. The van der Waals surface area contributed by atoms with Crippen molar-refractivity contribution in [3.63, 3.8) is 0 Å². The van der Waals surface area contributed by atoms with Crippen LogP contribution < -0.4 is 4.74 Å². The first-order valence-corrected chi connectivity index (χ1v) is 5.61. The van der Waals surface area contributed by atoms with Crippen LogP contribution in [-0.4, -0.2) is 35.9 Å². The third-order valence-corrected chi connectivity index (χ3v) is 2.87. The van der Waals surface area contributed by atoms with E-state index in [1.54, 1.807) is 13.3 Å². The zero-order chi connectivity index (χ0) is 11.4. The number of aromatic nitrogens is 1. The van der Waals surface area contributed by atoms with Gasteiger partial charge in [-0.25, -0.2) is 4.98 Å². The van der Waals surface area contributed by atoms with Crippen molar-refractivity contribution in [2.75, 3.05) is 20.2 Å². The Morgan fingerprint density at radius 3 is 2.75 bits per heavy atom. The highest BCUT2D eigenvalue weighted by molar-refractivity contribution is 5.81. The Morgan fingerprint density at radius 1 is 1.44 bits per heavy atom. The molecule has 1 fully saturated rings. The van der Waals surface area contributed by atoms with Gasteiger partial charge in [-0.05, 0) is 18.4 Å². The highest BCUT2D eigenvalue weighted by Gasteiger charge is 2.14. The van der Waals surface area contributed by atoms with Crippen molar-refractivity contribution in [2.24, 2.45) is 0 Å². The van der Waals surface area contributed by atoms with Crippen LogP contribution in [0.5, 0.6) is 5.88 Å². The van der Waals surface area contributed by atoms with Gasteiger partial charge in [-0.1, -0.05) is 6.07 Å². The van der Waals surface area contributed by atoms with Crippen LogP contribution in [0.2, 0.25) is 0 Å². The molecule has 0 saturated carbocycles. The average Bonchev–Trinajstić information content (AvgIpc) is 2.83. The number of amidine groups is 1. The predicted molar refractivity (Wildman–Crippen MR) is 63.0 cm³/mol.